The third kappa shape index (κ3) is 3.40. The first-order chi connectivity index (χ1) is 9.15. The van der Waals surface area contributed by atoms with Gasteiger partial charge in [-0.3, -0.25) is 4.79 Å². The van der Waals surface area contributed by atoms with E-state index in [1.165, 1.54) is 19.3 Å². The molecule has 0 saturated heterocycles. The van der Waals surface area contributed by atoms with E-state index in [1.807, 2.05) is 13.0 Å². The Labute approximate surface area is 114 Å². The number of hydrogen-bond donors (Lipinski definition) is 3. The highest BCUT2D eigenvalue weighted by molar-refractivity contribution is 6.00. The monoisotopic (exact) mass is 261 g/mol. The Balaban J connectivity index is 2.10. The first-order valence-electron chi connectivity index (χ1n) is 7.10. The van der Waals surface area contributed by atoms with Crippen LogP contribution in [0.5, 0.6) is 0 Å². The van der Waals surface area contributed by atoms with Crippen molar-refractivity contribution in [2.75, 3.05) is 17.6 Å². The van der Waals surface area contributed by atoms with Gasteiger partial charge in [-0.15, -0.1) is 0 Å². The van der Waals surface area contributed by atoms with Gasteiger partial charge in [0.15, 0.2) is 0 Å². The second-order valence-electron chi connectivity index (χ2n) is 5.20. The van der Waals surface area contributed by atoms with E-state index in [9.17, 15) is 4.79 Å². The van der Waals surface area contributed by atoms with Crippen molar-refractivity contribution in [1.29, 1.82) is 0 Å². The number of hydrogen-bond acceptors (Lipinski definition) is 3. The number of anilines is 2. The Kier molecular flexibility index (Phi) is 4.30. The molecule has 1 aliphatic carbocycles. The van der Waals surface area contributed by atoms with Gasteiger partial charge in [0.2, 0.25) is 0 Å². The summed E-state index contributed by atoms with van der Waals surface area (Å²) in [5.74, 6) is 0.700. The van der Waals surface area contributed by atoms with Crippen LogP contribution in [0.25, 0.3) is 0 Å². The summed E-state index contributed by atoms with van der Waals surface area (Å²) in [6, 6.07) is 5.91. The summed E-state index contributed by atoms with van der Waals surface area (Å²) in [5.41, 5.74) is 8.04. The molecular formula is C15H23N3O. The van der Waals surface area contributed by atoms with E-state index in [-0.39, 0.29) is 5.91 Å². The van der Waals surface area contributed by atoms with Crippen LogP contribution in [0.1, 0.15) is 43.5 Å². The molecule has 1 aliphatic rings. The molecule has 4 nitrogen and oxygen atoms in total. The van der Waals surface area contributed by atoms with Gasteiger partial charge in [-0.05, 0) is 43.9 Å². The van der Waals surface area contributed by atoms with E-state index in [0.29, 0.717) is 23.8 Å². The number of amides is 1. The third-order valence-corrected chi connectivity index (χ3v) is 3.55. The minimum Gasteiger partial charge on any atom is -0.399 e. The SMILES string of the molecule is CCCC1CC1Nc1cc(N)ccc1C(=O)NCC. The van der Waals surface area contributed by atoms with Crippen LogP contribution in [0.3, 0.4) is 0 Å². The fourth-order valence-electron chi connectivity index (χ4n) is 2.45. The van der Waals surface area contributed by atoms with Crippen LogP contribution in [-0.4, -0.2) is 18.5 Å². The normalized spacial score (nSPS) is 20.9. The lowest BCUT2D eigenvalue weighted by Gasteiger charge is -2.12. The second kappa shape index (κ2) is 5.95. The van der Waals surface area contributed by atoms with Crippen molar-refractivity contribution < 1.29 is 4.79 Å². The molecule has 0 bridgehead atoms. The summed E-state index contributed by atoms with van der Waals surface area (Å²) < 4.78 is 0. The maximum absolute atomic E-state index is 12.0. The van der Waals surface area contributed by atoms with Crippen molar-refractivity contribution in [1.82, 2.24) is 5.32 Å². The van der Waals surface area contributed by atoms with Crippen LogP contribution < -0.4 is 16.4 Å². The van der Waals surface area contributed by atoms with Gasteiger partial charge < -0.3 is 16.4 Å². The molecule has 1 fully saturated rings. The Morgan fingerprint density at radius 2 is 2.21 bits per heavy atom. The molecule has 2 unspecified atom stereocenters. The van der Waals surface area contributed by atoms with Crippen molar-refractivity contribution in [3.63, 3.8) is 0 Å². The van der Waals surface area contributed by atoms with Crippen LogP contribution >= 0.6 is 0 Å². The molecule has 4 heteroatoms. The molecule has 0 heterocycles. The molecule has 2 rings (SSSR count). The molecule has 0 aliphatic heterocycles. The zero-order chi connectivity index (χ0) is 13.8. The lowest BCUT2D eigenvalue weighted by Crippen LogP contribution is -2.24. The van der Waals surface area contributed by atoms with Gasteiger partial charge in [0.05, 0.1) is 5.56 Å². The Morgan fingerprint density at radius 3 is 2.89 bits per heavy atom. The average Bonchev–Trinajstić information content (AvgIpc) is 3.08. The van der Waals surface area contributed by atoms with Crippen molar-refractivity contribution >= 4 is 17.3 Å². The average molecular weight is 261 g/mol. The molecule has 104 valence electrons. The van der Waals surface area contributed by atoms with Crippen molar-refractivity contribution in [3.8, 4) is 0 Å². The number of rotatable bonds is 6. The molecule has 2 atom stereocenters. The van der Waals surface area contributed by atoms with Gasteiger partial charge in [0.1, 0.15) is 0 Å². The number of benzene rings is 1. The van der Waals surface area contributed by atoms with Crippen LogP contribution in [0.2, 0.25) is 0 Å². The van der Waals surface area contributed by atoms with E-state index < -0.39 is 0 Å². The maximum atomic E-state index is 12.0. The van der Waals surface area contributed by atoms with Crippen LogP contribution in [0.4, 0.5) is 11.4 Å². The fraction of sp³-hybridized carbons (Fsp3) is 0.533. The lowest BCUT2D eigenvalue weighted by atomic mass is 10.1. The van der Waals surface area contributed by atoms with Crippen molar-refractivity contribution in [2.45, 2.75) is 39.2 Å². The van der Waals surface area contributed by atoms with E-state index in [4.69, 9.17) is 5.73 Å². The van der Waals surface area contributed by atoms with Crippen LogP contribution in [0.15, 0.2) is 18.2 Å². The Morgan fingerprint density at radius 1 is 1.42 bits per heavy atom. The summed E-state index contributed by atoms with van der Waals surface area (Å²) in [4.78, 5) is 12.0. The molecular weight excluding hydrogens is 238 g/mol. The van der Waals surface area contributed by atoms with Crippen molar-refractivity contribution in [2.24, 2.45) is 5.92 Å². The van der Waals surface area contributed by atoms with Crippen molar-refractivity contribution in [3.05, 3.63) is 23.8 Å². The quantitative estimate of drug-likeness (QED) is 0.690. The zero-order valence-corrected chi connectivity index (χ0v) is 11.7. The molecule has 1 aromatic carbocycles. The van der Waals surface area contributed by atoms with E-state index in [2.05, 4.69) is 17.6 Å². The Hall–Kier alpha value is -1.71. The predicted molar refractivity (Wildman–Crippen MR) is 79.3 cm³/mol. The van der Waals surface area contributed by atoms with E-state index >= 15 is 0 Å². The number of carbonyl (C=O) groups excluding carboxylic acids is 1. The molecule has 19 heavy (non-hydrogen) atoms. The summed E-state index contributed by atoms with van der Waals surface area (Å²) in [6.45, 7) is 4.75. The first kappa shape index (κ1) is 13.7. The molecule has 0 radical (unpaired) electrons. The number of nitrogens with one attached hydrogen (secondary N) is 2. The highest BCUT2D eigenvalue weighted by Gasteiger charge is 2.36. The van der Waals surface area contributed by atoms with Gasteiger partial charge in [-0.2, -0.15) is 0 Å². The standard InChI is InChI=1S/C15H23N3O/c1-3-5-10-8-13(10)18-14-9-11(16)6-7-12(14)15(19)17-4-2/h6-7,9-10,13,18H,3-5,8,16H2,1-2H3,(H,17,19). The lowest BCUT2D eigenvalue weighted by molar-refractivity contribution is 0.0956. The molecule has 4 N–H and O–H groups in total. The number of nitrogens with two attached hydrogens (primary N) is 1. The minimum atomic E-state index is -0.0438. The second-order valence-corrected chi connectivity index (χ2v) is 5.20. The largest absolute Gasteiger partial charge is 0.399 e. The van der Waals surface area contributed by atoms with Gasteiger partial charge in [0, 0.05) is 24.0 Å². The summed E-state index contributed by atoms with van der Waals surface area (Å²) >= 11 is 0. The van der Waals surface area contributed by atoms with Gasteiger partial charge in [0.25, 0.3) is 5.91 Å². The van der Waals surface area contributed by atoms with Gasteiger partial charge in [-0.25, -0.2) is 0 Å². The summed E-state index contributed by atoms with van der Waals surface area (Å²) in [6.07, 6.45) is 3.65. The number of nitrogen functional groups attached to an aromatic ring is 1. The van der Waals surface area contributed by atoms with Crippen LogP contribution in [-0.2, 0) is 0 Å². The molecule has 1 aromatic rings. The van der Waals surface area contributed by atoms with E-state index in [0.717, 1.165) is 11.6 Å². The predicted octanol–water partition coefficient (Wildman–Crippen LogP) is 2.62. The van der Waals surface area contributed by atoms with Crippen LogP contribution in [0, 0.1) is 5.92 Å². The zero-order valence-electron chi connectivity index (χ0n) is 11.7. The number of carbonyl (C=O) groups is 1. The topological polar surface area (TPSA) is 67.1 Å². The van der Waals surface area contributed by atoms with Gasteiger partial charge >= 0.3 is 0 Å². The molecule has 0 aromatic heterocycles. The van der Waals surface area contributed by atoms with E-state index in [1.54, 1.807) is 12.1 Å². The molecule has 1 amide bonds. The smallest absolute Gasteiger partial charge is 0.253 e. The summed E-state index contributed by atoms with van der Waals surface area (Å²) in [5, 5.41) is 6.29. The minimum absolute atomic E-state index is 0.0438. The third-order valence-electron chi connectivity index (χ3n) is 3.55. The Bertz CT molecular complexity index is 459. The fourth-order valence-corrected chi connectivity index (χ4v) is 2.45. The molecule has 0 spiro atoms. The molecule has 1 saturated carbocycles. The highest BCUT2D eigenvalue weighted by atomic mass is 16.1. The summed E-state index contributed by atoms with van der Waals surface area (Å²) in [7, 11) is 0. The highest BCUT2D eigenvalue weighted by Crippen LogP contribution is 2.38. The van der Waals surface area contributed by atoms with Gasteiger partial charge in [-0.1, -0.05) is 13.3 Å². The maximum Gasteiger partial charge on any atom is 0.253 e. The first-order valence-corrected chi connectivity index (χ1v) is 7.10.